The average Bonchev–Trinajstić information content (AvgIpc) is 3.04. The van der Waals surface area contributed by atoms with Gasteiger partial charge in [-0.05, 0) is 42.7 Å². The monoisotopic (exact) mass is 434 g/mol. The number of benzene rings is 2. The van der Waals surface area contributed by atoms with Gasteiger partial charge in [0.1, 0.15) is 5.82 Å². The first-order chi connectivity index (χ1) is 15.6. The first kappa shape index (κ1) is 21.9. The van der Waals surface area contributed by atoms with E-state index in [1.54, 1.807) is 23.2 Å². The van der Waals surface area contributed by atoms with E-state index in [9.17, 15) is 14.0 Å². The van der Waals surface area contributed by atoms with Crippen molar-refractivity contribution in [2.75, 3.05) is 39.3 Å². The van der Waals surface area contributed by atoms with Gasteiger partial charge in [-0.1, -0.05) is 30.3 Å². The van der Waals surface area contributed by atoms with E-state index in [1.165, 1.54) is 12.1 Å². The van der Waals surface area contributed by atoms with Crippen molar-refractivity contribution < 1.29 is 14.0 Å². The van der Waals surface area contributed by atoms with E-state index in [0.29, 0.717) is 38.3 Å². The number of nitrogens with zero attached hydrogens (tertiary/aromatic N) is 3. The third kappa shape index (κ3) is 5.48. The lowest BCUT2D eigenvalue weighted by molar-refractivity contribution is -0.122. The van der Waals surface area contributed by atoms with E-state index < -0.39 is 5.82 Å². The van der Waals surface area contributed by atoms with E-state index in [0.717, 1.165) is 35.9 Å². The van der Waals surface area contributed by atoms with Gasteiger partial charge in [-0.25, -0.2) is 4.39 Å². The number of para-hydroxylation sites is 1. The quantitative estimate of drug-likeness (QED) is 0.648. The lowest BCUT2D eigenvalue weighted by atomic mass is 10.1. The summed E-state index contributed by atoms with van der Waals surface area (Å²) in [5.74, 6) is -0.606. The Morgan fingerprint density at radius 1 is 1.00 bits per heavy atom. The van der Waals surface area contributed by atoms with Crippen molar-refractivity contribution in [3.05, 3.63) is 77.7 Å². The number of nitrogens with one attached hydrogen (secondary N) is 1. The van der Waals surface area contributed by atoms with E-state index in [-0.39, 0.29) is 11.8 Å². The number of amides is 2. The van der Waals surface area contributed by atoms with Crippen LogP contribution < -0.4 is 5.32 Å². The number of carbonyl (C=O) groups excluding carboxylic acids is 2. The first-order valence-corrected chi connectivity index (χ1v) is 11.0. The molecule has 1 aliphatic rings. The molecule has 1 N–H and O–H groups in total. The third-order valence-electron chi connectivity index (χ3n) is 5.75. The molecule has 2 heterocycles. The highest BCUT2D eigenvalue weighted by Gasteiger charge is 2.21. The summed E-state index contributed by atoms with van der Waals surface area (Å²) in [6, 6.07) is 15.8. The zero-order valence-corrected chi connectivity index (χ0v) is 18.0. The number of fused-ring (bicyclic) bond motifs is 1. The molecule has 2 amide bonds. The van der Waals surface area contributed by atoms with Crippen molar-refractivity contribution in [1.29, 1.82) is 0 Å². The smallest absolute Gasteiger partial charge is 0.254 e. The summed E-state index contributed by atoms with van der Waals surface area (Å²) < 4.78 is 13.4. The zero-order valence-electron chi connectivity index (χ0n) is 18.0. The van der Waals surface area contributed by atoms with Crippen LogP contribution in [-0.4, -0.2) is 65.9 Å². The second-order valence-electron chi connectivity index (χ2n) is 8.02. The van der Waals surface area contributed by atoms with Gasteiger partial charge < -0.3 is 10.2 Å². The molecule has 0 bridgehead atoms. The molecule has 1 saturated heterocycles. The fourth-order valence-electron chi connectivity index (χ4n) is 4.10. The Morgan fingerprint density at radius 3 is 2.72 bits per heavy atom. The lowest BCUT2D eigenvalue weighted by Crippen LogP contribution is -2.40. The van der Waals surface area contributed by atoms with Crippen molar-refractivity contribution in [3.8, 4) is 0 Å². The SMILES string of the molecule is O=C(CN1CCCN(C(=O)c2cccc(F)c2)CC1)NCCc1cccc2cccnc12. The molecule has 1 fully saturated rings. The molecule has 0 saturated carbocycles. The first-order valence-electron chi connectivity index (χ1n) is 11.0. The van der Waals surface area contributed by atoms with Crippen LogP contribution in [-0.2, 0) is 11.2 Å². The standard InChI is InChI=1S/C25H27FN4O2/c26-22-9-2-7-21(17-22)25(32)30-14-4-13-29(15-16-30)18-23(31)27-12-10-20-6-1-5-19-8-3-11-28-24(19)20/h1-3,5-9,11,17H,4,10,12-16,18H2,(H,27,31). The minimum Gasteiger partial charge on any atom is -0.355 e. The van der Waals surface area contributed by atoms with Crippen LogP contribution in [0.15, 0.2) is 60.8 Å². The highest BCUT2D eigenvalue weighted by molar-refractivity contribution is 5.94. The molecule has 7 heteroatoms. The van der Waals surface area contributed by atoms with Gasteiger partial charge in [0.25, 0.3) is 5.91 Å². The number of pyridine rings is 1. The predicted octanol–water partition coefficient (Wildman–Crippen LogP) is 2.88. The second kappa shape index (κ2) is 10.3. The van der Waals surface area contributed by atoms with Gasteiger partial charge in [0.05, 0.1) is 12.1 Å². The van der Waals surface area contributed by atoms with Crippen LogP contribution in [0.4, 0.5) is 4.39 Å². The molecule has 0 atom stereocenters. The summed E-state index contributed by atoms with van der Waals surface area (Å²) in [5, 5.41) is 4.09. The maximum absolute atomic E-state index is 13.4. The highest BCUT2D eigenvalue weighted by Crippen LogP contribution is 2.16. The molecule has 1 aromatic heterocycles. The Balaban J connectivity index is 1.25. The average molecular weight is 435 g/mol. The van der Waals surface area contributed by atoms with Crippen LogP contribution in [0, 0.1) is 5.82 Å². The minimum atomic E-state index is -0.414. The molecule has 166 valence electrons. The van der Waals surface area contributed by atoms with Crippen LogP contribution in [0.3, 0.4) is 0 Å². The Kier molecular flexibility index (Phi) is 7.07. The molecular formula is C25H27FN4O2. The largest absolute Gasteiger partial charge is 0.355 e. The Hall–Kier alpha value is -3.32. The van der Waals surface area contributed by atoms with Gasteiger partial charge in [-0.3, -0.25) is 19.5 Å². The number of aromatic nitrogens is 1. The van der Waals surface area contributed by atoms with Gasteiger partial charge in [0.15, 0.2) is 0 Å². The van der Waals surface area contributed by atoms with Crippen molar-refractivity contribution in [2.24, 2.45) is 0 Å². The fraction of sp³-hybridized carbons (Fsp3) is 0.320. The van der Waals surface area contributed by atoms with Crippen molar-refractivity contribution in [2.45, 2.75) is 12.8 Å². The Bertz CT molecular complexity index is 1100. The third-order valence-corrected chi connectivity index (χ3v) is 5.75. The summed E-state index contributed by atoms with van der Waals surface area (Å²) in [4.78, 5) is 33.4. The minimum absolute atomic E-state index is 0.0249. The molecule has 4 rings (SSSR count). The van der Waals surface area contributed by atoms with Gasteiger partial charge in [0.2, 0.25) is 5.91 Å². The molecule has 0 radical (unpaired) electrons. The summed E-state index contributed by atoms with van der Waals surface area (Å²) in [7, 11) is 0. The molecule has 1 aliphatic heterocycles. The summed E-state index contributed by atoms with van der Waals surface area (Å²) in [6.45, 7) is 3.32. The maximum Gasteiger partial charge on any atom is 0.254 e. The summed E-state index contributed by atoms with van der Waals surface area (Å²) in [5.41, 5.74) is 2.45. The second-order valence-corrected chi connectivity index (χ2v) is 8.02. The van der Waals surface area contributed by atoms with Crippen LogP contribution in [0.25, 0.3) is 10.9 Å². The van der Waals surface area contributed by atoms with Crippen LogP contribution in [0.2, 0.25) is 0 Å². The number of halogens is 1. The number of hydrogen-bond acceptors (Lipinski definition) is 4. The zero-order chi connectivity index (χ0) is 22.3. The molecular weight excluding hydrogens is 407 g/mol. The van der Waals surface area contributed by atoms with Gasteiger partial charge in [-0.2, -0.15) is 0 Å². The maximum atomic E-state index is 13.4. The summed E-state index contributed by atoms with van der Waals surface area (Å²) in [6.07, 6.45) is 3.28. The summed E-state index contributed by atoms with van der Waals surface area (Å²) >= 11 is 0. The number of hydrogen-bond donors (Lipinski definition) is 1. The number of carbonyl (C=O) groups is 2. The molecule has 2 aromatic carbocycles. The molecule has 3 aromatic rings. The van der Waals surface area contributed by atoms with Crippen molar-refractivity contribution >= 4 is 22.7 Å². The molecule has 6 nitrogen and oxygen atoms in total. The molecule has 32 heavy (non-hydrogen) atoms. The predicted molar refractivity (Wildman–Crippen MR) is 122 cm³/mol. The molecule has 0 unspecified atom stereocenters. The Morgan fingerprint density at radius 2 is 1.84 bits per heavy atom. The molecule has 0 spiro atoms. The van der Waals surface area contributed by atoms with Gasteiger partial charge >= 0.3 is 0 Å². The van der Waals surface area contributed by atoms with Crippen molar-refractivity contribution in [3.63, 3.8) is 0 Å². The Labute approximate surface area is 187 Å². The van der Waals surface area contributed by atoms with E-state index in [2.05, 4.69) is 15.2 Å². The van der Waals surface area contributed by atoms with Crippen LogP contribution >= 0.6 is 0 Å². The van der Waals surface area contributed by atoms with E-state index >= 15 is 0 Å². The fourth-order valence-corrected chi connectivity index (χ4v) is 4.10. The van der Waals surface area contributed by atoms with Crippen LogP contribution in [0.5, 0.6) is 0 Å². The topological polar surface area (TPSA) is 65.5 Å². The van der Waals surface area contributed by atoms with Gasteiger partial charge in [-0.15, -0.1) is 0 Å². The van der Waals surface area contributed by atoms with Crippen LogP contribution in [0.1, 0.15) is 22.3 Å². The van der Waals surface area contributed by atoms with E-state index in [1.807, 2.05) is 30.3 Å². The normalized spacial score (nSPS) is 14.8. The highest BCUT2D eigenvalue weighted by atomic mass is 19.1. The lowest BCUT2D eigenvalue weighted by Gasteiger charge is -2.22. The number of rotatable bonds is 6. The molecule has 0 aliphatic carbocycles. The van der Waals surface area contributed by atoms with Gasteiger partial charge in [0, 0.05) is 49.9 Å². The van der Waals surface area contributed by atoms with Crippen molar-refractivity contribution in [1.82, 2.24) is 20.1 Å². The van der Waals surface area contributed by atoms with E-state index in [4.69, 9.17) is 0 Å².